The molecule has 4 heteroatoms. The molecule has 0 fully saturated rings. The van der Waals surface area contributed by atoms with Gasteiger partial charge in [0.15, 0.2) is 0 Å². The van der Waals surface area contributed by atoms with Crippen LogP contribution >= 0.6 is 0 Å². The van der Waals surface area contributed by atoms with E-state index in [-0.39, 0.29) is 11.4 Å². The number of nitrogens with two attached hydrogens (primary N) is 1. The maximum atomic E-state index is 10.9. The number of hydrogen-bond donors (Lipinski definition) is 1. The Morgan fingerprint density at radius 1 is 1.12 bits per heavy atom. The molecule has 0 radical (unpaired) electrons. The Labute approximate surface area is 97.8 Å². The summed E-state index contributed by atoms with van der Waals surface area (Å²) in [6.45, 7) is 0. The van der Waals surface area contributed by atoms with Crippen LogP contribution in [0.4, 0.5) is 11.4 Å². The number of nitrogens with zero attached hydrogens (tertiary/aromatic N) is 1. The lowest BCUT2D eigenvalue weighted by Crippen LogP contribution is -1.97. The van der Waals surface area contributed by atoms with Crippen molar-refractivity contribution in [3.8, 4) is 11.1 Å². The molecule has 0 amide bonds. The normalized spacial score (nSPS) is 12.0. The molecule has 2 aromatic carbocycles. The van der Waals surface area contributed by atoms with Crippen LogP contribution in [0.1, 0.15) is 11.1 Å². The van der Waals surface area contributed by atoms with Gasteiger partial charge in [-0.1, -0.05) is 24.3 Å². The fourth-order valence-corrected chi connectivity index (χ4v) is 2.35. The Hall–Kier alpha value is -2.36. The minimum absolute atomic E-state index is 0.0135. The monoisotopic (exact) mass is 226 g/mol. The van der Waals surface area contributed by atoms with Gasteiger partial charge in [0.2, 0.25) is 0 Å². The zero-order chi connectivity index (χ0) is 12.0. The molecular formula is C13H10N2O2. The molecule has 0 unspecified atom stereocenters. The van der Waals surface area contributed by atoms with Gasteiger partial charge in [-0.2, -0.15) is 0 Å². The molecular weight excluding hydrogens is 216 g/mol. The molecule has 0 aromatic heterocycles. The summed E-state index contributed by atoms with van der Waals surface area (Å²) >= 11 is 0. The highest BCUT2D eigenvalue weighted by molar-refractivity contribution is 5.82. The summed E-state index contributed by atoms with van der Waals surface area (Å²) in [6.07, 6.45) is 0.799. The number of benzene rings is 2. The van der Waals surface area contributed by atoms with Crippen LogP contribution in [0.25, 0.3) is 11.1 Å². The molecule has 0 bridgehead atoms. The predicted molar refractivity (Wildman–Crippen MR) is 65.8 cm³/mol. The maximum absolute atomic E-state index is 10.9. The standard InChI is InChI=1S/C13H10N2O2/c14-12-6-9-5-8-3-1-2-4-10(8)11(9)7-13(12)15(16)17/h1-4,6-7H,5,14H2. The number of nitro benzene ring substituents is 1. The zero-order valence-corrected chi connectivity index (χ0v) is 9.01. The van der Waals surface area contributed by atoms with Crippen molar-refractivity contribution in [3.05, 3.63) is 57.6 Å². The van der Waals surface area contributed by atoms with E-state index in [2.05, 4.69) is 0 Å². The van der Waals surface area contributed by atoms with Crippen LogP contribution in [0, 0.1) is 10.1 Å². The number of hydrogen-bond acceptors (Lipinski definition) is 3. The number of nitrogen functional groups attached to an aromatic ring is 1. The van der Waals surface area contributed by atoms with Crippen molar-refractivity contribution >= 4 is 11.4 Å². The summed E-state index contributed by atoms with van der Waals surface area (Å²) in [5.74, 6) is 0. The first kappa shape index (κ1) is 9.84. The second-order valence-corrected chi connectivity index (χ2v) is 4.16. The molecule has 2 N–H and O–H groups in total. The molecule has 0 heterocycles. The van der Waals surface area contributed by atoms with Gasteiger partial charge in [0.25, 0.3) is 5.69 Å². The van der Waals surface area contributed by atoms with Crippen molar-refractivity contribution in [1.82, 2.24) is 0 Å². The highest BCUT2D eigenvalue weighted by atomic mass is 16.6. The predicted octanol–water partition coefficient (Wildman–Crippen LogP) is 2.75. The number of fused-ring (bicyclic) bond motifs is 3. The van der Waals surface area contributed by atoms with Gasteiger partial charge in [-0.05, 0) is 34.7 Å². The Morgan fingerprint density at radius 3 is 2.65 bits per heavy atom. The fourth-order valence-electron chi connectivity index (χ4n) is 2.35. The SMILES string of the molecule is Nc1cc2c(cc1[N+](=O)[O-])-c1ccccc1C2. The van der Waals surface area contributed by atoms with Gasteiger partial charge in [-0.3, -0.25) is 10.1 Å². The van der Waals surface area contributed by atoms with Crippen molar-refractivity contribution < 1.29 is 4.92 Å². The fraction of sp³-hybridized carbons (Fsp3) is 0.0769. The molecule has 0 atom stereocenters. The molecule has 2 aromatic rings. The third-order valence-electron chi connectivity index (χ3n) is 3.14. The number of nitro groups is 1. The summed E-state index contributed by atoms with van der Waals surface area (Å²) < 4.78 is 0. The third kappa shape index (κ3) is 1.38. The molecule has 4 nitrogen and oxygen atoms in total. The molecule has 0 saturated carbocycles. The average molecular weight is 226 g/mol. The number of anilines is 1. The lowest BCUT2D eigenvalue weighted by atomic mass is 10.0. The van der Waals surface area contributed by atoms with Gasteiger partial charge in [-0.15, -0.1) is 0 Å². The first-order chi connectivity index (χ1) is 8.16. The summed E-state index contributed by atoms with van der Waals surface area (Å²) in [5, 5.41) is 10.9. The molecule has 1 aliphatic rings. The second kappa shape index (κ2) is 3.31. The largest absolute Gasteiger partial charge is 0.393 e. The van der Waals surface area contributed by atoms with Gasteiger partial charge in [0.1, 0.15) is 5.69 Å². The van der Waals surface area contributed by atoms with Crippen molar-refractivity contribution in [2.45, 2.75) is 6.42 Å². The molecule has 0 spiro atoms. The van der Waals surface area contributed by atoms with Gasteiger partial charge in [0.05, 0.1) is 4.92 Å². The summed E-state index contributed by atoms with van der Waals surface area (Å²) in [6, 6.07) is 11.2. The lowest BCUT2D eigenvalue weighted by Gasteiger charge is -2.03. The average Bonchev–Trinajstić information content (AvgIpc) is 2.64. The van der Waals surface area contributed by atoms with Crippen LogP contribution in [0.3, 0.4) is 0 Å². The van der Waals surface area contributed by atoms with E-state index in [4.69, 9.17) is 5.73 Å². The van der Waals surface area contributed by atoms with Crippen LogP contribution in [-0.2, 0) is 6.42 Å². The Bertz CT molecular complexity index is 635. The van der Waals surface area contributed by atoms with E-state index >= 15 is 0 Å². The van der Waals surface area contributed by atoms with Gasteiger partial charge in [-0.25, -0.2) is 0 Å². The van der Waals surface area contributed by atoms with Crippen LogP contribution in [0.2, 0.25) is 0 Å². The smallest absolute Gasteiger partial charge is 0.292 e. The third-order valence-corrected chi connectivity index (χ3v) is 3.14. The molecule has 0 saturated heterocycles. The highest BCUT2D eigenvalue weighted by Crippen LogP contribution is 2.40. The van der Waals surface area contributed by atoms with Crippen LogP contribution in [0.15, 0.2) is 36.4 Å². The minimum atomic E-state index is -0.434. The molecule has 84 valence electrons. The van der Waals surface area contributed by atoms with E-state index in [1.165, 1.54) is 5.56 Å². The van der Waals surface area contributed by atoms with Gasteiger partial charge >= 0.3 is 0 Å². The van der Waals surface area contributed by atoms with Gasteiger partial charge < -0.3 is 5.73 Å². The van der Waals surface area contributed by atoms with Crippen molar-refractivity contribution in [1.29, 1.82) is 0 Å². The Balaban J connectivity index is 2.26. The van der Waals surface area contributed by atoms with Crippen molar-refractivity contribution in [2.75, 3.05) is 5.73 Å². The zero-order valence-electron chi connectivity index (χ0n) is 9.01. The minimum Gasteiger partial charge on any atom is -0.393 e. The van der Waals surface area contributed by atoms with Crippen LogP contribution in [-0.4, -0.2) is 4.92 Å². The maximum Gasteiger partial charge on any atom is 0.292 e. The molecule has 1 aliphatic carbocycles. The van der Waals surface area contributed by atoms with Crippen molar-refractivity contribution in [3.63, 3.8) is 0 Å². The van der Waals surface area contributed by atoms with Crippen LogP contribution in [0.5, 0.6) is 0 Å². The van der Waals surface area contributed by atoms with E-state index in [0.717, 1.165) is 23.1 Å². The number of rotatable bonds is 1. The van der Waals surface area contributed by atoms with E-state index in [1.54, 1.807) is 12.1 Å². The first-order valence-corrected chi connectivity index (χ1v) is 5.32. The molecule has 0 aliphatic heterocycles. The Morgan fingerprint density at radius 2 is 1.88 bits per heavy atom. The van der Waals surface area contributed by atoms with E-state index in [9.17, 15) is 10.1 Å². The van der Waals surface area contributed by atoms with Crippen molar-refractivity contribution in [2.24, 2.45) is 0 Å². The molecule has 3 rings (SSSR count). The van der Waals surface area contributed by atoms with Gasteiger partial charge in [0, 0.05) is 6.07 Å². The van der Waals surface area contributed by atoms with E-state index in [1.807, 2.05) is 24.3 Å². The lowest BCUT2D eigenvalue weighted by molar-refractivity contribution is -0.383. The molecule has 17 heavy (non-hydrogen) atoms. The van der Waals surface area contributed by atoms with E-state index < -0.39 is 4.92 Å². The topological polar surface area (TPSA) is 69.2 Å². The van der Waals surface area contributed by atoms with E-state index in [0.29, 0.717) is 0 Å². The quantitative estimate of drug-likeness (QED) is 0.394. The summed E-state index contributed by atoms with van der Waals surface area (Å²) in [4.78, 5) is 10.4. The second-order valence-electron chi connectivity index (χ2n) is 4.16. The summed E-state index contributed by atoms with van der Waals surface area (Å²) in [5.41, 5.74) is 10.2. The van der Waals surface area contributed by atoms with Crippen LogP contribution < -0.4 is 5.73 Å². The Kier molecular flexibility index (Phi) is 1.92. The summed E-state index contributed by atoms with van der Waals surface area (Å²) in [7, 11) is 0. The first-order valence-electron chi connectivity index (χ1n) is 5.32. The highest BCUT2D eigenvalue weighted by Gasteiger charge is 2.23.